The molecule has 1 heterocycles. The predicted molar refractivity (Wildman–Crippen MR) is 67.4 cm³/mol. The molecule has 16 heavy (non-hydrogen) atoms. The van der Waals surface area contributed by atoms with Crippen LogP contribution in [0, 0.1) is 6.92 Å². The molecule has 0 unspecified atom stereocenters. The molecule has 3 rings (SSSR count). The monoisotopic (exact) mass is 210 g/mol. The minimum Gasteiger partial charge on any atom is -0.205 e. The van der Waals surface area contributed by atoms with Gasteiger partial charge < -0.3 is 0 Å². The molecule has 0 radical (unpaired) electrons. The van der Waals surface area contributed by atoms with Crippen molar-refractivity contribution in [2.75, 3.05) is 0 Å². The Morgan fingerprint density at radius 3 is 2.75 bits per heavy atom. The first-order valence-corrected chi connectivity index (χ1v) is 5.46. The molecule has 78 valence electrons. The Hall–Kier alpha value is -1.89. The lowest BCUT2D eigenvalue weighted by Gasteiger charge is -2.04. The topological polar surface area (TPSA) is 3.88 Å². The average molecular weight is 210 g/mol. The van der Waals surface area contributed by atoms with Crippen molar-refractivity contribution in [2.45, 2.75) is 6.92 Å². The van der Waals surface area contributed by atoms with Gasteiger partial charge in [-0.2, -0.15) is 0 Å². The fourth-order valence-corrected chi connectivity index (χ4v) is 2.20. The molecule has 0 aliphatic rings. The molecule has 1 heteroatoms. The van der Waals surface area contributed by atoms with Crippen molar-refractivity contribution in [2.24, 2.45) is 7.05 Å². The molecular weight excluding hydrogens is 194 g/mol. The van der Waals surface area contributed by atoms with Gasteiger partial charge in [0.2, 0.25) is 0 Å². The number of hydrogen-bond acceptors (Lipinski definition) is 0. The van der Waals surface area contributed by atoms with E-state index in [1.807, 2.05) is 19.2 Å². The van der Waals surface area contributed by atoms with Crippen LogP contribution < -0.4 is 4.57 Å². The highest BCUT2D eigenvalue weighted by Crippen LogP contribution is 2.25. The second-order valence-corrected chi connectivity index (χ2v) is 4.17. The zero-order valence-electron chi connectivity index (χ0n) is 10.5. The van der Waals surface area contributed by atoms with Gasteiger partial charge in [0.05, 0.1) is 1.37 Å². The van der Waals surface area contributed by atoms with Crippen molar-refractivity contribution in [3.63, 3.8) is 0 Å². The molecule has 1 aromatic heterocycles. The predicted octanol–water partition coefficient (Wildman–Crippen LogP) is 3.13. The van der Waals surface area contributed by atoms with Crippen molar-refractivity contribution in [1.82, 2.24) is 0 Å². The molecule has 0 saturated heterocycles. The number of hydrogen-bond donors (Lipinski definition) is 0. The van der Waals surface area contributed by atoms with Crippen LogP contribution in [0.3, 0.4) is 0 Å². The van der Waals surface area contributed by atoms with Crippen LogP contribution in [-0.4, -0.2) is 0 Å². The maximum absolute atomic E-state index is 8.06. The third kappa shape index (κ3) is 1.21. The zero-order chi connectivity index (χ0) is 12.0. The average Bonchev–Trinajstić information content (AvgIpc) is 2.33. The van der Waals surface area contributed by atoms with Crippen LogP contribution in [0.15, 0.2) is 48.6 Å². The summed E-state index contributed by atoms with van der Waals surface area (Å²) in [6, 6.07) is 12.8. The van der Waals surface area contributed by atoms with Crippen LogP contribution >= 0.6 is 0 Å². The summed E-state index contributed by atoms with van der Waals surface area (Å²) in [6.45, 7) is 2.11. The number of aryl methyl sites for hydroxylation is 2. The Labute approximate surface area is 96.4 Å². The summed E-state index contributed by atoms with van der Waals surface area (Å²) in [5.74, 6) is 0. The third-order valence-electron chi connectivity index (χ3n) is 3.26. The molecule has 0 aliphatic heterocycles. The minimum atomic E-state index is 0.598. The largest absolute Gasteiger partial charge is 0.205 e. The Balaban J connectivity index is 2.61. The summed E-state index contributed by atoms with van der Waals surface area (Å²) in [7, 11) is 2.05. The van der Waals surface area contributed by atoms with Crippen molar-refractivity contribution < 1.29 is 5.94 Å². The van der Waals surface area contributed by atoms with Gasteiger partial charge in [0.25, 0.3) is 0 Å². The van der Waals surface area contributed by atoms with Gasteiger partial charge >= 0.3 is 0 Å². The standard InChI is InChI=1S/C15H14N/c1-11-13-8-7-12-5-3-4-6-14(12)15(13)9-10-16(11)2/h3-10H,1-2H3/q+1/i6T. The molecule has 2 aromatic carbocycles. The second kappa shape index (κ2) is 3.31. The number of pyridine rings is 1. The number of benzene rings is 2. The van der Waals surface area contributed by atoms with Gasteiger partial charge in [-0.1, -0.05) is 30.3 Å². The summed E-state index contributed by atoms with van der Waals surface area (Å²) >= 11 is 0. The number of fused-ring (bicyclic) bond motifs is 3. The minimum absolute atomic E-state index is 0.598. The second-order valence-electron chi connectivity index (χ2n) is 4.17. The van der Waals surface area contributed by atoms with E-state index in [0.717, 1.165) is 10.8 Å². The smallest absolute Gasteiger partial charge is 0.185 e. The first-order chi connectivity index (χ1) is 8.18. The highest BCUT2D eigenvalue weighted by molar-refractivity contribution is 6.07. The molecule has 1 nitrogen and oxygen atoms in total. The fourth-order valence-electron chi connectivity index (χ4n) is 2.20. The Kier molecular flexibility index (Phi) is 1.71. The van der Waals surface area contributed by atoms with Crippen LogP contribution in [0.4, 0.5) is 0 Å². The van der Waals surface area contributed by atoms with Gasteiger partial charge in [-0.15, -0.1) is 0 Å². The molecule has 0 spiro atoms. The SMILES string of the molecule is [3H]c1cccc2ccc3c(C)[n+](C)ccc3c12. The highest BCUT2D eigenvalue weighted by atomic mass is 14.9. The molecule has 0 N–H and O–H groups in total. The number of nitrogens with zero attached hydrogens (tertiary/aromatic N) is 1. The molecule has 0 atom stereocenters. The maximum atomic E-state index is 8.06. The van der Waals surface area contributed by atoms with E-state index in [2.05, 4.69) is 42.0 Å². The van der Waals surface area contributed by atoms with Gasteiger partial charge in [0.1, 0.15) is 7.05 Å². The van der Waals surface area contributed by atoms with Crippen LogP contribution in [-0.2, 0) is 7.05 Å². The summed E-state index contributed by atoms with van der Waals surface area (Å²) in [5.41, 5.74) is 1.23. The van der Waals surface area contributed by atoms with E-state index < -0.39 is 0 Å². The van der Waals surface area contributed by atoms with E-state index in [-0.39, 0.29) is 0 Å². The number of rotatable bonds is 0. The first-order valence-electron chi connectivity index (χ1n) is 5.96. The van der Waals surface area contributed by atoms with Crippen LogP contribution in [0.2, 0.25) is 0 Å². The quantitative estimate of drug-likeness (QED) is 0.396. The van der Waals surface area contributed by atoms with Crippen molar-refractivity contribution in [1.29, 1.82) is 0 Å². The van der Waals surface area contributed by atoms with Crippen LogP contribution in [0.25, 0.3) is 21.5 Å². The summed E-state index contributed by atoms with van der Waals surface area (Å²) in [6.07, 6.45) is 2.06. The van der Waals surface area contributed by atoms with E-state index in [4.69, 9.17) is 1.37 Å². The normalized spacial score (nSPS) is 12.0. The van der Waals surface area contributed by atoms with E-state index >= 15 is 0 Å². The summed E-state index contributed by atoms with van der Waals surface area (Å²) < 4.78 is 10.2. The van der Waals surface area contributed by atoms with Crippen LogP contribution in [0.5, 0.6) is 0 Å². The maximum Gasteiger partial charge on any atom is 0.185 e. The van der Waals surface area contributed by atoms with Gasteiger partial charge in [0.15, 0.2) is 11.9 Å². The summed E-state index contributed by atoms with van der Waals surface area (Å²) in [4.78, 5) is 0. The van der Waals surface area contributed by atoms with Gasteiger partial charge in [-0.25, -0.2) is 4.57 Å². The van der Waals surface area contributed by atoms with Crippen molar-refractivity contribution >= 4 is 21.5 Å². The van der Waals surface area contributed by atoms with Gasteiger partial charge in [0, 0.05) is 23.8 Å². The lowest BCUT2D eigenvalue weighted by atomic mass is 10.0. The zero-order valence-corrected chi connectivity index (χ0v) is 9.49. The number of aromatic nitrogens is 1. The van der Waals surface area contributed by atoms with Crippen molar-refractivity contribution in [3.05, 3.63) is 54.3 Å². The van der Waals surface area contributed by atoms with Crippen molar-refractivity contribution in [3.8, 4) is 0 Å². The van der Waals surface area contributed by atoms with E-state index in [0.29, 0.717) is 6.04 Å². The lowest BCUT2D eigenvalue weighted by Crippen LogP contribution is -2.31. The summed E-state index contributed by atoms with van der Waals surface area (Å²) in [5, 5.41) is 4.58. The third-order valence-corrected chi connectivity index (χ3v) is 3.26. The molecule has 0 amide bonds. The Bertz CT molecular complexity index is 732. The van der Waals surface area contributed by atoms with E-state index in [1.54, 1.807) is 0 Å². The lowest BCUT2D eigenvalue weighted by molar-refractivity contribution is -0.676. The van der Waals surface area contributed by atoms with E-state index in [9.17, 15) is 0 Å². The van der Waals surface area contributed by atoms with Gasteiger partial charge in [-0.3, -0.25) is 0 Å². The van der Waals surface area contributed by atoms with E-state index in [1.165, 1.54) is 16.5 Å². The Morgan fingerprint density at radius 1 is 1.00 bits per heavy atom. The molecule has 0 aliphatic carbocycles. The molecule has 3 aromatic rings. The molecule has 0 fully saturated rings. The molecule has 0 bridgehead atoms. The Morgan fingerprint density at radius 2 is 1.88 bits per heavy atom. The first kappa shape index (κ1) is 8.28. The highest BCUT2D eigenvalue weighted by Gasteiger charge is 2.08. The van der Waals surface area contributed by atoms with Crippen LogP contribution in [0.1, 0.15) is 7.06 Å². The molecule has 0 saturated carbocycles. The fraction of sp³-hybridized carbons (Fsp3) is 0.133. The molecular formula is C15H14N+. The van der Waals surface area contributed by atoms with Gasteiger partial charge in [-0.05, 0) is 16.8 Å².